The van der Waals surface area contributed by atoms with Gasteiger partial charge in [0.25, 0.3) is 0 Å². The summed E-state index contributed by atoms with van der Waals surface area (Å²) in [7, 11) is 0. The molecule has 180 valence electrons. The number of rotatable bonds is 6. The average Bonchev–Trinajstić information content (AvgIpc) is 3.15. The van der Waals surface area contributed by atoms with Crippen molar-refractivity contribution >= 4 is 18.0 Å². The summed E-state index contributed by atoms with van der Waals surface area (Å²) in [5.41, 5.74) is 2.36. The van der Waals surface area contributed by atoms with Gasteiger partial charge in [-0.3, -0.25) is 9.59 Å². The first-order valence-corrected chi connectivity index (χ1v) is 11.8. The van der Waals surface area contributed by atoms with Crippen molar-refractivity contribution < 1.29 is 24.2 Å². The van der Waals surface area contributed by atoms with Crippen LogP contribution >= 0.6 is 0 Å². The number of hydrogen-bond acceptors (Lipinski definition) is 4. The number of carboxylic acid groups (broad SMARTS) is 1. The molecule has 1 aliphatic heterocycles. The van der Waals surface area contributed by atoms with E-state index in [2.05, 4.69) is 17.4 Å². The molecule has 2 aliphatic rings. The molecule has 0 aromatic heterocycles. The monoisotopic (exact) mass is 464 g/mol. The number of ether oxygens (including phenoxy) is 1. The van der Waals surface area contributed by atoms with Crippen molar-refractivity contribution in [2.45, 2.75) is 51.5 Å². The first kappa shape index (κ1) is 23.8. The molecule has 34 heavy (non-hydrogen) atoms. The number of carboxylic acids is 1. The van der Waals surface area contributed by atoms with Crippen molar-refractivity contribution in [1.29, 1.82) is 0 Å². The number of aliphatic carboxylic acids is 1. The first-order valence-electron chi connectivity index (χ1n) is 11.8. The van der Waals surface area contributed by atoms with Gasteiger partial charge in [-0.25, -0.2) is 4.79 Å². The summed E-state index contributed by atoms with van der Waals surface area (Å²) in [5, 5.41) is 12.4. The summed E-state index contributed by atoms with van der Waals surface area (Å²) in [4.78, 5) is 39.4. The molecular formula is C27H32N2O5. The number of fused-ring (bicyclic) bond motifs is 3. The number of alkyl carbamates (subject to hydrolysis) is 1. The lowest BCUT2D eigenvalue weighted by atomic mass is 9.77. The van der Waals surface area contributed by atoms with Gasteiger partial charge in [0.05, 0.1) is 5.41 Å². The van der Waals surface area contributed by atoms with Crippen LogP contribution in [0.15, 0.2) is 48.5 Å². The third kappa shape index (κ3) is 4.27. The van der Waals surface area contributed by atoms with E-state index in [1.807, 2.05) is 43.3 Å². The minimum atomic E-state index is -1.22. The summed E-state index contributed by atoms with van der Waals surface area (Å²) in [6.07, 6.45) is 0.944. The quantitative estimate of drug-likeness (QED) is 0.660. The van der Waals surface area contributed by atoms with Crippen LogP contribution in [0.1, 0.15) is 57.1 Å². The van der Waals surface area contributed by atoms with Crippen molar-refractivity contribution in [2.24, 2.45) is 5.41 Å². The number of piperidine rings is 1. The molecule has 1 saturated heterocycles. The van der Waals surface area contributed by atoms with E-state index < -0.39 is 23.0 Å². The van der Waals surface area contributed by atoms with Gasteiger partial charge in [0, 0.05) is 19.0 Å². The number of amides is 2. The summed E-state index contributed by atoms with van der Waals surface area (Å²) in [6, 6.07) is 16.2. The van der Waals surface area contributed by atoms with Crippen LogP contribution in [0.25, 0.3) is 11.1 Å². The van der Waals surface area contributed by atoms with E-state index in [1.54, 1.807) is 18.7 Å². The topological polar surface area (TPSA) is 95.9 Å². The van der Waals surface area contributed by atoms with Crippen molar-refractivity contribution in [1.82, 2.24) is 10.2 Å². The Kier molecular flexibility index (Phi) is 6.39. The lowest BCUT2D eigenvalue weighted by molar-refractivity contribution is -0.156. The highest BCUT2D eigenvalue weighted by atomic mass is 16.5. The molecule has 0 radical (unpaired) electrons. The van der Waals surface area contributed by atoms with Gasteiger partial charge in [0.15, 0.2) is 0 Å². The fourth-order valence-electron chi connectivity index (χ4n) is 5.26. The Labute approximate surface area is 200 Å². The average molecular weight is 465 g/mol. The molecule has 7 heteroatoms. The summed E-state index contributed by atoms with van der Waals surface area (Å²) < 4.78 is 5.60. The van der Waals surface area contributed by atoms with Gasteiger partial charge < -0.3 is 20.1 Å². The highest BCUT2D eigenvalue weighted by molar-refractivity contribution is 5.90. The second-order valence-corrected chi connectivity index (χ2v) is 9.84. The van der Waals surface area contributed by atoms with Crippen LogP contribution in [0.5, 0.6) is 0 Å². The number of hydrogen-bond donors (Lipinski definition) is 2. The molecule has 0 spiro atoms. The predicted octanol–water partition coefficient (Wildman–Crippen LogP) is 4.41. The van der Waals surface area contributed by atoms with E-state index in [1.165, 1.54) is 0 Å². The van der Waals surface area contributed by atoms with Gasteiger partial charge in [-0.2, -0.15) is 0 Å². The second kappa shape index (κ2) is 9.12. The van der Waals surface area contributed by atoms with E-state index >= 15 is 0 Å². The van der Waals surface area contributed by atoms with Gasteiger partial charge in [0.2, 0.25) is 5.91 Å². The van der Waals surface area contributed by atoms with Gasteiger partial charge in [-0.1, -0.05) is 55.5 Å². The van der Waals surface area contributed by atoms with Gasteiger partial charge in [-0.05, 0) is 55.4 Å². The molecule has 1 atom stereocenters. The number of likely N-dealkylation sites (tertiary alicyclic amines) is 1. The van der Waals surface area contributed by atoms with Crippen LogP contribution in [0, 0.1) is 5.41 Å². The molecule has 7 nitrogen and oxygen atoms in total. The van der Waals surface area contributed by atoms with Crippen LogP contribution < -0.4 is 5.32 Å². The van der Waals surface area contributed by atoms with Gasteiger partial charge in [-0.15, -0.1) is 0 Å². The third-order valence-corrected chi connectivity index (χ3v) is 7.29. The molecule has 1 fully saturated rings. The zero-order chi connectivity index (χ0) is 24.5. The highest BCUT2D eigenvalue weighted by Crippen LogP contribution is 2.44. The molecule has 2 N–H and O–H groups in total. The molecule has 1 unspecified atom stereocenters. The van der Waals surface area contributed by atoms with Crippen LogP contribution in [-0.2, 0) is 14.3 Å². The molecule has 2 aromatic rings. The van der Waals surface area contributed by atoms with E-state index in [9.17, 15) is 19.5 Å². The van der Waals surface area contributed by atoms with Crippen molar-refractivity contribution in [2.75, 3.05) is 19.7 Å². The lowest BCUT2D eigenvalue weighted by Crippen LogP contribution is -2.60. The van der Waals surface area contributed by atoms with E-state index in [0.29, 0.717) is 25.8 Å². The summed E-state index contributed by atoms with van der Waals surface area (Å²) in [6.45, 7) is 5.87. The summed E-state index contributed by atoms with van der Waals surface area (Å²) in [5.74, 6) is -1.26. The second-order valence-electron chi connectivity index (χ2n) is 9.84. The Morgan fingerprint density at radius 1 is 1.09 bits per heavy atom. The highest BCUT2D eigenvalue weighted by Gasteiger charge is 2.45. The standard InChI is InChI=1S/C27H32N2O5/c1-4-27(24(31)32)14-9-15-29(17-27)23(30)26(2,3)28-25(33)34-16-22-20-12-7-5-10-18(20)19-11-6-8-13-21(19)22/h5-8,10-13,22H,4,9,14-17H2,1-3H3,(H,28,33)(H,31,32). The molecule has 1 heterocycles. The zero-order valence-electron chi connectivity index (χ0n) is 20.0. The minimum absolute atomic E-state index is 0.0696. The number of nitrogens with one attached hydrogen (secondary N) is 1. The maximum Gasteiger partial charge on any atom is 0.408 e. The van der Waals surface area contributed by atoms with E-state index in [4.69, 9.17) is 4.74 Å². The Balaban J connectivity index is 1.41. The SMILES string of the molecule is CCC1(C(=O)O)CCCN(C(=O)C(C)(C)NC(=O)OCC2c3ccccc3-c3ccccc32)C1. The maximum atomic E-state index is 13.2. The first-order chi connectivity index (χ1) is 16.2. The molecule has 2 aromatic carbocycles. The Morgan fingerprint density at radius 3 is 2.24 bits per heavy atom. The minimum Gasteiger partial charge on any atom is -0.481 e. The van der Waals surface area contributed by atoms with Crippen LogP contribution in [0.3, 0.4) is 0 Å². The fourth-order valence-corrected chi connectivity index (χ4v) is 5.26. The molecule has 4 rings (SSSR count). The lowest BCUT2D eigenvalue weighted by Gasteiger charge is -2.42. The molecule has 1 aliphatic carbocycles. The molecule has 2 amide bonds. The smallest absolute Gasteiger partial charge is 0.408 e. The van der Waals surface area contributed by atoms with Crippen molar-refractivity contribution in [3.63, 3.8) is 0 Å². The van der Waals surface area contributed by atoms with E-state index in [-0.39, 0.29) is 25.0 Å². The predicted molar refractivity (Wildman–Crippen MR) is 128 cm³/mol. The zero-order valence-corrected chi connectivity index (χ0v) is 20.0. The maximum absolute atomic E-state index is 13.2. The molecular weight excluding hydrogens is 432 g/mol. The van der Waals surface area contributed by atoms with Crippen molar-refractivity contribution in [3.8, 4) is 11.1 Å². The Hall–Kier alpha value is -3.35. The molecule has 0 saturated carbocycles. The summed E-state index contributed by atoms with van der Waals surface area (Å²) >= 11 is 0. The van der Waals surface area contributed by atoms with Gasteiger partial charge in [0.1, 0.15) is 12.1 Å². The van der Waals surface area contributed by atoms with E-state index in [0.717, 1.165) is 22.3 Å². The van der Waals surface area contributed by atoms with Crippen LogP contribution in [0.4, 0.5) is 4.79 Å². The van der Waals surface area contributed by atoms with Crippen LogP contribution in [0.2, 0.25) is 0 Å². The number of carbonyl (C=O) groups is 3. The van der Waals surface area contributed by atoms with Crippen LogP contribution in [-0.4, -0.2) is 53.2 Å². The Morgan fingerprint density at radius 2 is 1.68 bits per heavy atom. The van der Waals surface area contributed by atoms with Gasteiger partial charge >= 0.3 is 12.1 Å². The molecule has 0 bridgehead atoms. The van der Waals surface area contributed by atoms with Crippen molar-refractivity contribution in [3.05, 3.63) is 59.7 Å². The Bertz CT molecular complexity index is 1070. The largest absolute Gasteiger partial charge is 0.481 e. The third-order valence-electron chi connectivity index (χ3n) is 7.29. The fraction of sp³-hybridized carbons (Fsp3) is 0.444. The normalized spacial score (nSPS) is 19.8. The number of benzene rings is 2. The number of nitrogens with zero attached hydrogens (tertiary/aromatic N) is 1. The number of carbonyl (C=O) groups excluding carboxylic acids is 2.